The van der Waals surface area contributed by atoms with Crippen molar-refractivity contribution in [3.8, 4) is 0 Å². The zero-order valence-corrected chi connectivity index (χ0v) is 13.9. The van der Waals surface area contributed by atoms with Gasteiger partial charge in [-0.05, 0) is 40.0 Å². The summed E-state index contributed by atoms with van der Waals surface area (Å²) >= 11 is -1.25. The van der Waals surface area contributed by atoms with Crippen LogP contribution < -0.4 is 0 Å². The van der Waals surface area contributed by atoms with E-state index >= 15 is 0 Å². The van der Waals surface area contributed by atoms with Gasteiger partial charge in [0.25, 0.3) is 0 Å². The van der Waals surface area contributed by atoms with Crippen LogP contribution in [-0.4, -0.2) is 44.2 Å². The van der Waals surface area contributed by atoms with Crippen LogP contribution in [0.3, 0.4) is 0 Å². The third kappa shape index (κ3) is 4.38. The van der Waals surface area contributed by atoms with Crippen LogP contribution in [0.5, 0.6) is 0 Å². The Morgan fingerprint density at radius 2 is 2.10 bits per heavy atom. The summed E-state index contributed by atoms with van der Waals surface area (Å²) in [7, 11) is 0. The first-order valence-corrected chi connectivity index (χ1v) is 8.22. The summed E-state index contributed by atoms with van der Waals surface area (Å²) in [5.74, 6) is 0.502. The molecule has 116 valence electrons. The van der Waals surface area contributed by atoms with Crippen molar-refractivity contribution in [2.75, 3.05) is 13.1 Å². The molecule has 0 bridgehead atoms. The molecule has 0 aliphatic carbocycles. The van der Waals surface area contributed by atoms with E-state index in [0.29, 0.717) is 13.1 Å². The lowest BCUT2D eigenvalue weighted by Crippen LogP contribution is -2.45. The molecule has 1 aliphatic rings. The van der Waals surface area contributed by atoms with Gasteiger partial charge in [0, 0.05) is 19.0 Å². The Bertz CT molecular complexity index is 379. The van der Waals surface area contributed by atoms with Crippen molar-refractivity contribution in [2.24, 2.45) is 16.2 Å². The lowest BCUT2D eigenvalue weighted by atomic mass is 9.81. The van der Waals surface area contributed by atoms with E-state index in [9.17, 15) is 9.35 Å². The van der Waals surface area contributed by atoms with E-state index in [2.05, 4.69) is 11.3 Å². The smallest absolute Gasteiger partial charge is 0.407 e. The average Bonchev–Trinajstić information content (AvgIpc) is 2.36. The van der Waals surface area contributed by atoms with E-state index in [0.717, 1.165) is 18.6 Å². The summed E-state index contributed by atoms with van der Waals surface area (Å²) in [6, 6.07) is 0. The van der Waals surface area contributed by atoms with E-state index < -0.39 is 17.5 Å². The summed E-state index contributed by atoms with van der Waals surface area (Å²) in [6.45, 7) is 10.8. The van der Waals surface area contributed by atoms with Gasteiger partial charge in [0.2, 0.25) is 0 Å². The molecular formula is C14H26N2O3S. The van der Waals surface area contributed by atoms with Crippen LogP contribution in [0.25, 0.3) is 0 Å². The third-order valence-electron chi connectivity index (χ3n) is 3.82. The van der Waals surface area contributed by atoms with Gasteiger partial charge in [-0.2, -0.15) is 0 Å². The SMILES string of the molecule is CC[C@@H]1CN(C(=O)O)CC[C@@H]1/C(C)=N/[S@+]([O-])C(C)(C)C. The molecule has 20 heavy (non-hydrogen) atoms. The number of hydrogen-bond acceptors (Lipinski definition) is 3. The number of nitrogens with zero attached hydrogens (tertiary/aromatic N) is 2. The second-order valence-electron chi connectivity index (χ2n) is 6.39. The van der Waals surface area contributed by atoms with Gasteiger partial charge in [-0.25, -0.2) is 4.79 Å². The fourth-order valence-corrected chi connectivity index (χ4v) is 3.18. The van der Waals surface area contributed by atoms with Crippen molar-refractivity contribution in [3.63, 3.8) is 0 Å². The molecule has 1 rings (SSSR count). The zero-order chi connectivity index (χ0) is 15.5. The molecule has 1 heterocycles. The number of carbonyl (C=O) groups is 1. The molecule has 1 aliphatic heterocycles. The van der Waals surface area contributed by atoms with Crippen molar-refractivity contribution in [2.45, 2.75) is 52.2 Å². The van der Waals surface area contributed by atoms with E-state index in [4.69, 9.17) is 5.11 Å². The van der Waals surface area contributed by atoms with Crippen LogP contribution in [0.15, 0.2) is 4.40 Å². The monoisotopic (exact) mass is 302 g/mol. The zero-order valence-electron chi connectivity index (χ0n) is 13.0. The molecule has 0 aromatic carbocycles. The van der Waals surface area contributed by atoms with Crippen molar-refractivity contribution in [1.29, 1.82) is 0 Å². The minimum atomic E-state index is -1.25. The van der Waals surface area contributed by atoms with Crippen molar-refractivity contribution < 1.29 is 14.5 Å². The lowest BCUT2D eigenvalue weighted by Gasteiger charge is -2.36. The topological polar surface area (TPSA) is 76.0 Å². The number of amides is 1. The summed E-state index contributed by atoms with van der Waals surface area (Å²) in [6.07, 6.45) is 0.819. The minimum absolute atomic E-state index is 0.238. The van der Waals surface area contributed by atoms with Crippen molar-refractivity contribution in [1.82, 2.24) is 4.90 Å². The average molecular weight is 302 g/mol. The minimum Gasteiger partial charge on any atom is -0.591 e. The van der Waals surface area contributed by atoms with Crippen LogP contribution in [0, 0.1) is 11.8 Å². The summed E-state index contributed by atoms with van der Waals surface area (Å²) in [5.41, 5.74) is 0.898. The van der Waals surface area contributed by atoms with Gasteiger partial charge in [0.05, 0.1) is 5.71 Å². The molecule has 1 saturated heterocycles. The number of hydrogen-bond donors (Lipinski definition) is 1. The second-order valence-corrected chi connectivity index (χ2v) is 8.29. The first kappa shape index (κ1) is 17.3. The molecule has 0 saturated carbocycles. The molecule has 1 N–H and O–H groups in total. The molecule has 0 aromatic rings. The Balaban J connectivity index is 2.80. The van der Waals surface area contributed by atoms with E-state index in [1.54, 1.807) is 0 Å². The Labute approximate surface area is 124 Å². The first-order chi connectivity index (χ1) is 9.16. The molecule has 0 unspecified atom stereocenters. The quantitative estimate of drug-likeness (QED) is 0.643. The molecule has 1 fully saturated rings. The molecular weight excluding hydrogens is 276 g/mol. The predicted octanol–water partition coefficient (Wildman–Crippen LogP) is 2.94. The number of rotatable bonds is 3. The highest BCUT2D eigenvalue weighted by atomic mass is 32.2. The molecule has 5 nitrogen and oxygen atoms in total. The van der Waals surface area contributed by atoms with E-state index in [-0.39, 0.29) is 16.6 Å². The molecule has 0 spiro atoms. The van der Waals surface area contributed by atoms with Crippen molar-refractivity contribution in [3.05, 3.63) is 0 Å². The lowest BCUT2D eigenvalue weighted by molar-refractivity contribution is 0.109. The van der Waals surface area contributed by atoms with Gasteiger partial charge < -0.3 is 14.6 Å². The maximum absolute atomic E-state index is 12.1. The Kier molecular flexibility index (Phi) is 5.89. The van der Waals surface area contributed by atoms with Crippen LogP contribution >= 0.6 is 0 Å². The molecule has 3 atom stereocenters. The number of piperidine rings is 1. The standard InChI is InChI=1S/C14H26N2O3S/c1-6-11-9-16(13(17)18)8-7-12(11)10(2)15-20(19)14(3,4)5/h11-12H,6-9H2,1-5H3,(H,17,18)/b15-10+/t11-,12-,20-/m1/s1. The van der Waals surface area contributed by atoms with E-state index in [1.807, 2.05) is 27.7 Å². The highest BCUT2D eigenvalue weighted by molar-refractivity contribution is 7.91. The van der Waals surface area contributed by atoms with Crippen LogP contribution in [0.2, 0.25) is 0 Å². The summed E-state index contributed by atoms with van der Waals surface area (Å²) < 4.78 is 16.1. The van der Waals surface area contributed by atoms with E-state index in [1.165, 1.54) is 4.90 Å². The maximum atomic E-state index is 12.1. The van der Waals surface area contributed by atoms with Gasteiger partial charge in [-0.3, -0.25) is 0 Å². The fourth-order valence-electron chi connectivity index (χ4n) is 2.50. The van der Waals surface area contributed by atoms with Crippen LogP contribution in [-0.2, 0) is 11.4 Å². The summed E-state index contributed by atoms with van der Waals surface area (Å²) in [5, 5.41) is 9.08. The number of likely N-dealkylation sites (tertiary alicyclic amines) is 1. The second kappa shape index (κ2) is 6.80. The Hall–Kier alpha value is -0.750. The number of carboxylic acid groups (broad SMARTS) is 1. The van der Waals surface area contributed by atoms with Crippen LogP contribution in [0.4, 0.5) is 4.79 Å². The summed E-state index contributed by atoms with van der Waals surface area (Å²) in [4.78, 5) is 12.5. The Morgan fingerprint density at radius 3 is 2.55 bits per heavy atom. The van der Waals surface area contributed by atoms with Gasteiger partial charge in [-0.15, -0.1) is 0 Å². The van der Waals surface area contributed by atoms with Gasteiger partial charge in [0.1, 0.15) is 16.1 Å². The maximum Gasteiger partial charge on any atom is 0.407 e. The predicted molar refractivity (Wildman–Crippen MR) is 82.5 cm³/mol. The van der Waals surface area contributed by atoms with Crippen LogP contribution in [0.1, 0.15) is 47.5 Å². The van der Waals surface area contributed by atoms with Crippen molar-refractivity contribution >= 4 is 23.2 Å². The first-order valence-electron chi connectivity index (χ1n) is 7.11. The fraction of sp³-hybridized carbons (Fsp3) is 0.857. The highest BCUT2D eigenvalue weighted by Gasteiger charge is 2.34. The molecule has 0 radical (unpaired) electrons. The van der Waals surface area contributed by atoms with Gasteiger partial charge >= 0.3 is 6.09 Å². The highest BCUT2D eigenvalue weighted by Crippen LogP contribution is 2.29. The van der Waals surface area contributed by atoms with Gasteiger partial charge in [-0.1, -0.05) is 17.7 Å². The van der Waals surface area contributed by atoms with Gasteiger partial charge in [0.15, 0.2) is 0 Å². The molecule has 1 amide bonds. The normalized spacial score (nSPS) is 26.5. The molecule has 0 aromatic heterocycles. The molecule has 6 heteroatoms. The third-order valence-corrected chi connectivity index (χ3v) is 5.32. The largest absolute Gasteiger partial charge is 0.591 e. The Morgan fingerprint density at radius 1 is 1.50 bits per heavy atom.